The maximum absolute atomic E-state index is 13.1. The number of hydrogen-bond acceptors (Lipinski definition) is 2. The number of benzene rings is 2. The molecule has 2 amide bonds. The van der Waals surface area contributed by atoms with Gasteiger partial charge < -0.3 is 9.80 Å². The summed E-state index contributed by atoms with van der Waals surface area (Å²) >= 11 is 0. The quantitative estimate of drug-likeness (QED) is 0.799. The van der Waals surface area contributed by atoms with Gasteiger partial charge in [-0.25, -0.2) is 4.39 Å². The van der Waals surface area contributed by atoms with Gasteiger partial charge in [-0.15, -0.1) is 0 Å². The molecule has 1 aliphatic carbocycles. The van der Waals surface area contributed by atoms with Crippen molar-refractivity contribution in [3.63, 3.8) is 0 Å². The van der Waals surface area contributed by atoms with Gasteiger partial charge in [0.2, 0.25) is 11.8 Å². The molecule has 0 N–H and O–H groups in total. The Labute approximate surface area is 164 Å². The molecule has 1 saturated heterocycles. The number of aryl methyl sites for hydroxylation is 1. The first-order valence-electron chi connectivity index (χ1n) is 9.98. The summed E-state index contributed by atoms with van der Waals surface area (Å²) in [6, 6.07) is 16.5. The van der Waals surface area contributed by atoms with Gasteiger partial charge in [0.15, 0.2) is 0 Å². The Bertz CT molecular complexity index is 829. The molecular formula is C23H25FN2O2. The van der Waals surface area contributed by atoms with Crippen LogP contribution < -0.4 is 0 Å². The van der Waals surface area contributed by atoms with Crippen molar-refractivity contribution >= 4 is 11.8 Å². The second kappa shape index (κ2) is 8.13. The first kappa shape index (κ1) is 18.7. The van der Waals surface area contributed by atoms with E-state index in [0.29, 0.717) is 32.6 Å². The number of hydrogen-bond donors (Lipinski definition) is 0. The zero-order chi connectivity index (χ0) is 19.5. The monoisotopic (exact) mass is 380 g/mol. The molecule has 2 fully saturated rings. The highest BCUT2D eigenvalue weighted by molar-refractivity contribution is 5.83. The second-order valence-electron chi connectivity index (χ2n) is 7.69. The van der Waals surface area contributed by atoms with Crippen LogP contribution in [0.15, 0.2) is 54.6 Å². The molecule has 2 atom stereocenters. The van der Waals surface area contributed by atoms with Crippen LogP contribution in [0.5, 0.6) is 0 Å². The lowest BCUT2D eigenvalue weighted by Gasteiger charge is -2.35. The van der Waals surface area contributed by atoms with E-state index >= 15 is 0 Å². The van der Waals surface area contributed by atoms with Crippen LogP contribution in [-0.2, 0) is 16.0 Å². The Morgan fingerprint density at radius 2 is 1.54 bits per heavy atom. The minimum absolute atomic E-state index is 0.00536. The minimum atomic E-state index is -0.250. The average Bonchev–Trinajstić information content (AvgIpc) is 3.54. The van der Waals surface area contributed by atoms with Gasteiger partial charge in [0.1, 0.15) is 5.82 Å². The molecule has 4 nitrogen and oxygen atoms in total. The third kappa shape index (κ3) is 4.24. The first-order valence-corrected chi connectivity index (χ1v) is 9.98. The number of amides is 2. The molecule has 4 rings (SSSR count). The zero-order valence-corrected chi connectivity index (χ0v) is 15.9. The molecule has 2 aromatic carbocycles. The van der Waals surface area contributed by atoms with E-state index in [1.165, 1.54) is 17.7 Å². The topological polar surface area (TPSA) is 40.6 Å². The molecule has 2 aliphatic rings. The fourth-order valence-electron chi connectivity index (χ4n) is 4.01. The molecule has 5 heteroatoms. The molecule has 0 spiro atoms. The summed E-state index contributed by atoms with van der Waals surface area (Å²) in [5, 5.41) is 0. The van der Waals surface area contributed by atoms with Gasteiger partial charge in [-0.3, -0.25) is 9.59 Å². The number of halogens is 1. The standard InChI is InChI=1S/C23H25FN2O2/c24-19-9-7-18(8-10-19)20-16-21(20)23(28)26-14-12-25(13-15-26)22(27)11-6-17-4-2-1-3-5-17/h1-5,7-10,20-21H,6,11-16H2. The third-order valence-corrected chi connectivity index (χ3v) is 5.82. The van der Waals surface area contributed by atoms with Crippen LogP contribution in [0.2, 0.25) is 0 Å². The maximum Gasteiger partial charge on any atom is 0.226 e. The van der Waals surface area contributed by atoms with Gasteiger partial charge in [-0.1, -0.05) is 42.5 Å². The molecule has 146 valence electrons. The molecule has 2 unspecified atom stereocenters. The molecule has 1 heterocycles. The van der Waals surface area contributed by atoms with Crippen LogP contribution in [0.25, 0.3) is 0 Å². The van der Waals surface area contributed by atoms with E-state index in [9.17, 15) is 14.0 Å². The van der Waals surface area contributed by atoms with Crippen molar-refractivity contribution in [3.05, 3.63) is 71.5 Å². The van der Waals surface area contributed by atoms with Crippen LogP contribution in [0.1, 0.15) is 29.9 Å². The van der Waals surface area contributed by atoms with Gasteiger partial charge in [0, 0.05) is 38.5 Å². The fourth-order valence-corrected chi connectivity index (χ4v) is 4.01. The maximum atomic E-state index is 13.1. The van der Waals surface area contributed by atoms with Gasteiger partial charge in [-0.2, -0.15) is 0 Å². The van der Waals surface area contributed by atoms with Crippen molar-refractivity contribution in [2.24, 2.45) is 5.92 Å². The van der Waals surface area contributed by atoms with Crippen LogP contribution >= 0.6 is 0 Å². The summed E-state index contributed by atoms with van der Waals surface area (Å²) in [5.74, 6) is 0.294. The lowest BCUT2D eigenvalue weighted by molar-refractivity contribution is -0.140. The Balaban J connectivity index is 1.23. The van der Waals surface area contributed by atoms with Crippen molar-refractivity contribution in [2.45, 2.75) is 25.2 Å². The normalized spacial score (nSPS) is 21.5. The Morgan fingerprint density at radius 1 is 0.893 bits per heavy atom. The van der Waals surface area contributed by atoms with Gasteiger partial charge in [-0.05, 0) is 42.0 Å². The van der Waals surface area contributed by atoms with Crippen LogP contribution in [-0.4, -0.2) is 47.8 Å². The van der Waals surface area contributed by atoms with Crippen molar-refractivity contribution in [2.75, 3.05) is 26.2 Å². The molecule has 1 aliphatic heterocycles. The fraction of sp³-hybridized carbons (Fsp3) is 0.391. The Hall–Kier alpha value is -2.69. The molecule has 0 radical (unpaired) electrons. The summed E-state index contributed by atoms with van der Waals surface area (Å²) in [4.78, 5) is 29.0. The van der Waals surface area contributed by atoms with E-state index in [4.69, 9.17) is 0 Å². The van der Waals surface area contributed by atoms with E-state index in [2.05, 4.69) is 0 Å². The Morgan fingerprint density at radius 3 is 2.21 bits per heavy atom. The summed E-state index contributed by atoms with van der Waals surface area (Å²) in [6.45, 7) is 2.41. The van der Waals surface area contributed by atoms with Crippen molar-refractivity contribution in [1.82, 2.24) is 9.80 Å². The van der Waals surface area contributed by atoms with E-state index in [1.54, 1.807) is 12.1 Å². The molecule has 0 aromatic heterocycles. The van der Waals surface area contributed by atoms with Crippen molar-refractivity contribution < 1.29 is 14.0 Å². The highest BCUT2D eigenvalue weighted by atomic mass is 19.1. The number of rotatable bonds is 5. The average molecular weight is 380 g/mol. The van der Waals surface area contributed by atoms with Crippen molar-refractivity contribution in [3.8, 4) is 0 Å². The second-order valence-corrected chi connectivity index (χ2v) is 7.69. The highest BCUT2D eigenvalue weighted by Gasteiger charge is 2.46. The molecule has 0 bridgehead atoms. The van der Waals surface area contributed by atoms with E-state index in [1.807, 2.05) is 40.1 Å². The molecule has 2 aromatic rings. The molecular weight excluding hydrogens is 355 g/mol. The summed E-state index contributed by atoms with van der Waals surface area (Å²) in [7, 11) is 0. The predicted octanol–water partition coefficient (Wildman–Crippen LogP) is 3.23. The predicted molar refractivity (Wildman–Crippen MR) is 105 cm³/mol. The minimum Gasteiger partial charge on any atom is -0.339 e. The number of nitrogens with zero attached hydrogens (tertiary/aromatic N) is 2. The number of piperazine rings is 1. The van der Waals surface area contributed by atoms with E-state index in [-0.39, 0.29) is 29.5 Å². The lowest BCUT2D eigenvalue weighted by Crippen LogP contribution is -2.51. The zero-order valence-electron chi connectivity index (χ0n) is 15.9. The van der Waals surface area contributed by atoms with E-state index in [0.717, 1.165) is 18.4 Å². The Kier molecular flexibility index (Phi) is 5.42. The van der Waals surface area contributed by atoms with Gasteiger partial charge >= 0.3 is 0 Å². The van der Waals surface area contributed by atoms with Crippen LogP contribution in [0, 0.1) is 11.7 Å². The van der Waals surface area contributed by atoms with Crippen molar-refractivity contribution in [1.29, 1.82) is 0 Å². The molecule has 28 heavy (non-hydrogen) atoms. The summed E-state index contributed by atoms with van der Waals surface area (Å²) < 4.78 is 13.1. The lowest BCUT2D eigenvalue weighted by atomic mass is 10.1. The number of carbonyl (C=O) groups excluding carboxylic acids is 2. The highest BCUT2D eigenvalue weighted by Crippen LogP contribution is 2.48. The van der Waals surface area contributed by atoms with E-state index < -0.39 is 0 Å². The smallest absolute Gasteiger partial charge is 0.226 e. The number of carbonyl (C=O) groups is 2. The van der Waals surface area contributed by atoms with Crippen LogP contribution in [0.3, 0.4) is 0 Å². The summed E-state index contributed by atoms with van der Waals surface area (Å²) in [5.41, 5.74) is 2.21. The third-order valence-electron chi connectivity index (χ3n) is 5.82. The first-order chi connectivity index (χ1) is 13.6. The molecule has 1 saturated carbocycles. The van der Waals surface area contributed by atoms with Gasteiger partial charge in [0.25, 0.3) is 0 Å². The SMILES string of the molecule is O=C(CCc1ccccc1)N1CCN(C(=O)C2CC2c2ccc(F)cc2)CC1. The largest absolute Gasteiger partial charge is 0.339 e. The van der Waals surface area contributed by atoms with Crippen LogP contribution in [0.4, 0.5) is 4.39 Å². The summed E-state index contributed by atoms with van der Waals surface area (Å²) in [6.07, 6.45) is 2.09. The van der Waals surface area contributed by atoms with Gasteiger partial charge in [0.05, 0.1) is 0 Å².